The molecular formula is C18H18F3N3O4. The Balaban J connectivity index is 1.91. The standard InChI is InChI=1S/C18H18F3N3O4/c1-22-14(25)17(15(26)23(2)16(22)27)8-10-7-11(18(19,20)21)3-4-12(10)24-5-6-28-9-13(17)24/h3-4,7,13H,5-6,8-9H2,1-2H3/t13-/m1/s1. The number of alkyl halides is 3. The fourth-order valence-corrected chi connectivity index (χ4v) is 4.43. The van der Waals surface area contributed by atoms with Crippen molar-refractivity contribution in [2.24, 2.45) is 5.41 Å². The number of imide groups is 2. The summed E-state index contributed by atoms with van der Waals surface area (Å²) in [7, 11) is 2.54. The van der Waals surface area contributed by atoms with Crippen molar-refractivity contribution in [3.63, 3.8) is 0 Å². The average Bonchev–Trinajstić information content (AvgIpc) is 2.68. The minimum Gasteiger partial charge on any atom is -0.377 e. The van der Waals surface area contributed by atoms with Crippen LogP contribution in [0.1, 0.15) is 11.1 Å². The monoisotopic (exact) mass is 397 g/mol. The highest BCUT2D eigenvalue weighted by Gasteiger charge is 2.63. The second-order valence-electron chi connectivity index (χ2n) is 7.28. The molecule has 7 nitrogen and oxygen atoms in total. The highest BCUT2D eigenvalue weighted by molar-refractivity contribution is 6.20. The second-order valence-corrected chi connectivity index (χ2v) is 7.28. The summed E-state index contributed by atoms with van der Waals surface area (Å²) in [5, 5.41) is 0. The zero-order valence-corrected chi connectivity index (χ0v) is 15.2. The summed E-state index contributed by atoms with van der Waals surface area (Å²) in [6.45, 7) is 0.709. The van der Waals surface area contributed by atoms with Gasteiger partial charge in [-0.3, -0.25) is 19.4 Å². The summed E-state index contributed by atoms with van der Waals surface area (Å²) < 4.78 is 45.2. The Labute approximate surface area is 158 Å². The number of carbonyl (C=O) groups excluding carboxylic acids is 3. The van der Waals surface area contributed by atoms with E-state index in [0.29, 0.717) is 18.8 Å². The first-order chi connectivity index (χ1) is 13.1. The Morgan fingerprint density at radius 1 is 1.11 bits per heavy atom. The molecule has 0 aromatic heterocycles. The summed E-state index contributed by atoms with van der Waals surface area (Å²) in [6, 6.07) is 1.89. The number of hydrogen-bond donors (Lipinski definition) is 0. The topological polar surface area (TPSA) is 70.2 Å². The summed E-state index contributed by atoms with van der Waals surface area (Å²) >= 11 is 0. The number of morpholine rings is 1. The third kappa shape index (κ3) is 2.36. The van der Waals surface area contributed by atoms with Gasteiger partial charge in [-0.15, -0.1) is 0 Å². The molecule has 4 amide bonds. The van der Waals surface area contributed by atoms with E-state index in [4.69, 9.17) is 4.74 Å². The molecule has 3 aliphatic rings. The number of rotatable bonds is 0. The Morgan fingerprint density at radius 3 is 2.36 bits per heavy atom. The molecule has 1 aromatic rings. The Bertz CT molecular complexity index is 861. The van der Waals surface area contributed by atoms with E-state index in [9.17, 15) is 27.6 Å². The van der Waals surface area contributed by atoms with Crippen molar-refractivity contribution in [2.45, 2.75) is 18.6 Å². The van der Waals surface area contributed by atoms with Gasteiger partial charge in [-0.2, -0.15) is 13.2 Å². The Morgan fingerprint density at radius 2 is 1.75 bits per heavy atom. The van der Waals surface area contributed by atoms with E-state index in [1.807, 2.05) is 0 Å². The van der Waals surface area contributed by atoms with Gasteiger partial charge >= 0.3 is 12.2 Å². The van der Waals surface area contributed by atoms with Gasteiger partial charge < -0.3 is 9.64 Å². The van der Waals surface area contributed by atoms with Gasteiger partial charge in [0.25, 0.3) is 0 Å². The van der Waals surface area contributed by atoms with Gasteiger partial charge in [0.05, 0.1) is 24.8 Å². The molecule has 3 aliphatic heterocycles. The van der Waals surface area contributed by atoms with Crippen LogP contribution in [0.5, 0.6) is 0 Å². The number of anilines is 1. The number of ether oxygens (including phenoxy) is 1. The maximum absolute atomic E-state index is 13.2. The molecule has 0 unspecified atom stereocenters. The zero-order chi connectivity index (χ0) is 20.4. The third-order valence-electron chi connectivity index (χ3n) is 5.83. The molecule has 0 radical (unpaired) electrons. The van der Waals surface area contributed by atoms with Crippen molar-refractivity contribution >= 4 is 23.5 Å². The zero-order valence-electron chi connectivity index (χ0n) is 15.2. The molecule has 2 fully saturated rings. The minimum absolute atomic E-state index is 0.0633. The van der Waals surface area contributed by atoms with E-state index in [2.05, 4.69) is 0 Å². The number of benzene rings is 1. The van der Waals surface area contributed by atoms with Crippen molar-refractivity contribution in [1.29, 1.82) is 0 Å². The first kappa shape index (κ1) is 18.7. The molecule has 0 bridgehead atoms. The maximum Gasteiger partial charge on any atom is 0.416 e. The number of carbonyl (C=O) groups is 3. The molecule has 1 atom stereocenters. The number of halogens is 3. The second kappa shape index (κ2) is 5.94. The van der Waals surface area contributed by atoms with Crippen LogP contribution in [-0.4, -0.2) is 67.5 Å². The highest BCUT2D eigenvalue weighted by Crippen LogP contribution is 2.47. The average molecular weight is 397 g/mol. The smallest absolute Gasteiger partial charge is 0.377 e. The van der Waals surface area contributed by atoms with Crippen LogP contribution in [0.25, 0.3) is 0 Å². The molecule has 0 saturated carbocycles. The minimum atomic E-state index is -4.55. The van der Waals surface area contributed by atoms with Crippen molar-refractivity contribution in [3.8, 4) is 0 Å². The van der Waals surface area contributed by atoms with E-state index in [-0.39, 0.29) is 18.6 Å². The van der Waals surface area contributed by atoms with Crippen LogP contribution in [0.3, 0.4) is 0 Å². The lowest BCUT2D eigenvalue weighted by atomic mass is 9.68. The molecule has 0 aliphatic carbocycles. The van der Waals surface area contributed by atoms with E-state index in [1.165, 1.54) is 20.2 Å². The predicted molar refractivity (Wildman–Crippen MR) is 90.5 cm³/mol. The van der Waals surface area contributed by atoms with Crippen LogP contribution in [-0.2, 0) is 26.9 Å². The van der Waals surface area contributed by atoms with Crippen LogP contribution in [0.15, 0.2) is 18.2 Å². The van der Waals surface area contributed by atoms with Crippen molar-refractivity contribution < 1.29 is 32.3 Å². The number of nitrogens with zero attached hydrogens (tertiary/aromatic N) is 3. The molecule has 2 saturated heterocycles. The lowest BCUT2D eigenvalue weighted by molar-refractivity contribution is -0.161. The van der Waals surface area contributed by atoms with E-state index < -0.39 is 41.0 Å². The Kier molecular flexibility index (Phi) is 3.97. The third-order valence-corrected chi connectivity index (χ3v) is 5.83. The van der Waals surface area contributed by atoms with Gasteiger partial charge in [-0.1, -0.05) is 0 Å². The Hall–Kier alpha value is -2.62. The van der Waals surface area contributed by atoms with Crippen LogP contribution in [0.4, 0.5) is 23.7 Å². The number of barbiturate groups is 1. The van der Waals surface area contributed by atoms with Gasteiger partial charge in [0, 0.05) is 26.3 Å². The first-order valence-corrected chi connectivity index (χ1v) is 8.74. The van der Waals surface area contributed by atoms with E-state index >= 15 is 0 Å². The normalized spacial score (nSPS) is 24.5. The SMILES string of the molecule is CN1C(=O)N(C)C(=O)C2(Cc3cc(C(F)(F)F)ccc3N3CCOC[C@@H]32)C1=O. The molecule has 150 valence electrons. The van der Waals surface area contributed by atoms with Gasteiger partial charge in [0.1, 0.15) is 0 Å². The molecule has 10 heteroatoms. The first-order valence-electron chi connectivity index (χ1n) is 8.74. The molecule has 1 aromatic carbocycles. The number of amides is 4. The highest BCUT2D eigenvalue weighted by atomic mass is 19.4. The number of urea groups is 1. The molecule has 3 heterocycles. The largest absolute Gasteiger partial charge is 0.416 e. The van der Waals surface area contributed by atoms with E-state index in [1.54, 1.807) is 4.90 Å². The summed E-state index contributed by atoms with van der Waals surface area (Å²) in [4.78, 5) is 42.0. The molecular weight excluding hydrogens is 379 g/mol. The summed E-state index contributed by atoms with van der Waals surface area (Å²) in [6.07, 6.45) is -4.77. The summed E-state index contributed by atoms with van der Waals surface area (Å²) in [5.41, 5.74) is -1.75. The molecule has 28 heavy (non-hydrogen) atoms. The van der Waals surface area contributed by atoms with Gasteiger partial charge in [-0.25, -0.2) is 4.79 Å². The van der Waals surface area contributed by atoms with Gasteiger partial charge in [0.15, 0.2) is 5.41 Å². The number of hydrogen-bond acceptors (Lipinski definition) is 5. The maximum atomic E-state index is 13.2. The van der Waals surface area contributed by atoms with Crippen molar-refractivity contribution in [1.82, 2.24) is 9.80 Å². The molecule has 1 spiro atoms. The lowest BCUT2D eigenvalue weighted by Crippen LogP contribution is -2.73. The van der Waals surface area contributed by atoms with Gasteiger partial charge in [0.2, 0.25) is 11.8 Å². The molecule has 0 N–H and O–H groups in total. The fourth-order valence-electron chi connectivity index (χ4n) is 4.43. The molecule has 4 rings (SSSR count). The van der Waals surface area contributed by atoms with Crippen LogP contribution in [0.2, 0.25) is 0 Å². The fraction of sp³-hybridized carbons (Fsp3) is 0.500. The van der Waals surface area contributed by atoms with Crippen LogP contribution >= 0.6 is 0 Å². The van der Waals surface area contributed by atoms with Crippen molar-refractivity contribution in [2.75, 3.05) is 38.8 Å². The van der Waals surface area contributed by atoms with E-state index in [0.717, 1.165) is 21.9 Å². The lowest BCUT2D eigenvalue weighted by Gasteiger charge is -2.54. The van der Waals surface area contributed by atoms with Crippen LogP contribution < -0.4 is 4.90 Å². The quantitative estimate of drug-likeness (QED) is 0.621. The van der Waals surface area contributed by atoms with Crippen LogP contribution in [0, 0.1) is 5.41 Å². The summed E-state index contributed by atoms with van der Waals surface area (Å²) in [5.74, 6) is -1.44. The van der Waals surface area contributed by atoms with Crippen molar-refractivity contribution in [3.05, 3.63) is 29.3 Å². The number of fused-ring (bicyclic) bond motifs is 4. The predicted octanol–water partition coefficient (Wildman–Crippen LogP) is 1.50. The van der Waals surface area contributed by atoms with Gasteiger partial charge in [-0.05, 0) is 30.2 Å².